The molecule has 28 heavy (non-hydrogen) atoms. The van der Waals surface area contributed by atoms with Gasteiger partial charge in [0.25, 0.3) is 0 Å². The zero-order chi connectivity index (χ0) is 20.7. The van der Waals surface area contributed by atoms with Gasteiger partial charge >= 0.3 is 0 Å². The Hall–Kier alpha value is -0.980. The number of aldehydes is 1. The van der Waals surface area contributed by atoms with Gasteiger partial charge < -0.3 is 19.9 Å². The fraction of sp³-hybridized carbons (Fsp3) is 0.909. The van der Waals surface area contributed by atoms with Gasteiger partial charge in [-0.3, -0.25) is 9.69 Å². The molecule has 1 spiro atoms. The highest BCUT2D eigenvalue weighted by atomic mass is 16.2. The van der Waals surface area contributed by atoms with E-state index < -0.39 is 0 Å². The summed E-state index contributed by atoms with van der Waals surface area (Å²) in [5.74, 6) is 1.59. The molecule has 2 rings (SSSR count). The van der Waals surface area contributed by atoms with Crippen LogP contribution >= 0.6 is 0 Å². The maximum atomic E-state index is 12.6. The summed E-state index contributed by atoms with van der Waals surface area (Å²) < 4.78 is 0. The summed E-state index contributed by atoms with van der Waals surface area (Å²) >= 11 is 0. The Morgan fingerprint density at radius 2 is 1.86 bits per heavy atom. The molecule has 1 aliphatic heterocycles. The summed E-state index contributed by atoms with van der Waals surface area (Å²) in [6.45, 7) is 9.26. The van der Waals surface area contributed by atoms with Gasteiger partial charge in [0.15, 0.2) is 0 Å². The van der Waals surface area contributed by atoms with E-state index >= 15 is 0 Å². The Kier molecular flexibility index (Phi) is 8.90. The first-order valence-corrected chi connectivity index (χ1v) is 11.0. The second kappa shape index (κ2) is 10.7. The molecule has 0 aromatic carbocycles. The van der Waals surface area contributed by atoms with E-state index in [4.69, 9.17) is 0 Å². The summed E-state index contributed by atoms with van der Waals surface area (Å²) in [6.07, 6.45) is 6.88. The molecule has 1 atom stereocenters. The molecule has 1 N–H and O–H groups in total. The third-order valence-corrected chi connectivity index (χ3v) is 6.44. The van der Waals surface area contributed by atoms with Gasteiger partial charge in [-0.1, -0.05) is 13.8 Å². The normalized spacial score (nSPS) is 20.8. The zero-order valence-electron chi connectivity index (χ0n) is 18.7. The van der Waals surface area contributed by atoms with Crippen molar-refractivity contribution in [3.05, 3.63) is 0 Å². The molecule has 2 aliphatic rings. The van der Waals surface area contributed by atoms with Crippen molar-refractivity contribution in [2.24, 2.45) is 17.3 Å². The van der Waals surface area contributed by atoms with Gasteiger partial charge in [0.2, 0.25) is 5.91 Å². The van der Waals surface area contributed by atoms with Crippen LogP contribution in [0.4, 0.5) is 0 Å². The minimum absolute atomic E-state index is 0.0822. The van der Waals surface area contributed by atoms with Crippen LogP contribution in [-0.4, -0.2) is 93.3 Å². The van der Waals surface area contributed by atoms with Crippen molar-refractivity contribution in [2.45, 2.75) is 52.0 Å². The van der Waals surface area contributed by atoms with E-state index in [1.165, 1.54) is 32.2 Å². The molecule has 1 saturated heterocycles. The van der Waals surface area contributed by atoms with Crippen LogP contribution in [0.1, 0.15) is 46.0 Å². The lowest BCUT2D eigenvalue weighted by Gasteiger charge is -2.53. The maximum absolute atomic E-state index is 12.6. The topological polar surface area (TPSA) is 55.9 Å². The molecule has 6 heteroatoms. The van der Waals surface area contributed by atoms with Crippen molar-refractivity contribution in [3.63, 3.8) is 0 Å². The Labute approximate surface area is 172 Å². The summed E-state index contributed by atoms with van der Waals surface area (Å²) in [5, 5.41) is 3.29. The highest BCUT2D eigenvalue weighted by Gasteiger charge is 2.46. The van der Waals surface area contributed by atoms with Gasteiger partial charge in [-0.15, -0.1) is 0 Å². The van der Waals surface area contributed by atoms with Crippen molar-refractivity contribution in [1.29, 1.82) is 0 Å². The molecule has 1 heterocycles. The Morgan fingerprint density at radius 1 is 1.21 bits per heavy atom. The average molecular weight is 395 g/mol. The van der Waals surface area contributed by atoms with Gasteiger partial charge in [-0.2, -0.15) is 0 Å². The molecular weight excluding hydrogens is 352 g/mol. The van der Waals surface area contributed by atoms with Crippen LogP contribution in [0.2, 0.25) is 0 Å². The fourth-order valence-corrected chi connectivity index (χ4v) is 4.99. The molecule has 1 amide bonds. The first-order valence-electron chi connectivity index (χ1n) is 11.0. The van der Waals surface area contributed by atoms with Crippen LogP contribution in [0.25, 0.3) is 0 Å². The molecule has 1 saturated carbocycles. The first-order chi connectivity index (χ1) is 13.2. The smallest absolute Gasteiger partial charge is 0.236 e. The Balaban J connectivity index is 1.62. The lowest BCUT2D eigenvalue weighted by molar-refractivity contribution is -0.136. The zero-order valence-corrected chi connectivity index (χ0v) is 18.7. The molecular formula is C22H42N4O2. The van der Waals surface area contributed by atoms with Gasteiger partial charge in [0.05, 0.1) is 12.6 Å². The summed E-state index contributed by atoms with van der Waals surface area (Å²) in [4.78, 5) is 30.2. The summed E-state index contributed by atoms with van der Waals surface area (Å²) in [6, 6.07) is -0.0822. The SMILES string of the molecule is CC(C)CC(C=O)NCCN(C)CC(=O)N1CCC2(CC1)CC(CN(C)C)C2. The monoisotopic (exact) mass is 394 g/mol. The molecule has 162 valence electrons. The van der Waals surface area contributed by atoms with E-state index in [1.807, 2.05) is 7.05 Å². The largest absolute Gasteiger partial charge is 0.342 e. The summed E-state index contributed by atoms with van der Waals surface area (Å²) in [5.41, 5.74) is 0.521. The lowest BCUT2D eigenvalue weighted by atomic mass is 9.57. The molecule has 6 nitrogen and oxygen atoms in total. The fourth-order valence-electron chi connectivity index (χ4n) is 4.99. The molecule has 2 fully saturated rings. The van der Waals surface area contributed by atoms with Gasteiger partial charge in [0.1, 0.15) is 6.29 Å². The van der Waals surface area contributed by atoms with E-state index in [0.717, 1.165) is 44.8 Å². The van der Waals surface area contributed by atoms with Crippen LogP contribution < -0.4 is 5.32 Å². The third-order valence-electron chi connectivity index (χ3n) is 6.44. The Bertz CT molecular complexity index is 493. The van der Waals surface area contributed by atoms with Crippen LogP contribution in [0.15, 0.2) is 0 Å². The number of amides is 1. The maximum Gasteiger partial charge on any atom is 0.236 e. The van der Waals surface area contributed by atoms with Gasteiger partial charge in [-0.05, 0) is 70.5 Å². The number of rotatable bonds is 11. The van der Waals surface area contributed by atoms with E-state index in [0.29, 0.717) is 17.9 Å². The first kappa shape index (κ1) is 23.3. The van der Waals surface area contributed by atoms with Crippen molar-refractivity contribution in [3.8, 4) is 0 Å². The van der Waals surface area contributed by atoms with Crippen LogP contribution in [0.5, 0.6) is 0 Å². The van der Waals surface area contributed by atoms with Crippen molar-refractivity contribution < 1.29 is 9.59 Å². The van der Waals surface area contributed by atoms with E-state index in [1.54, 1.807) is 0 Å². The number of carbonyl (C=O) groups is 2. The number of nitrogens with zero attached hydrogens (tertiary/aromatic N) is 3. The van der Waals surface area contributed by atoms with Gasteiger partial charge in [0, 0.05) is 32.7 Å². The number of likely N-dealkylation sites (tertiary alicyclic amines) is 1. The van der Waals surface area contributed by atoms with Gasteiger partial charge in [-0.25, -0.2) is 0 Å². The molecule has 0 radical (unpaired) electrons. The standard InChI is InChI=1S/C22H42N4O2/c1-18(2)12-20(17-27)23-8-11-25(5)16-21(28)26-9-6-22(7-10-26)13-19(14-22)15-24(3)4/h17-20,23H,6-16H2,1-5H3. The minimum Gasteiger partial charge on any atom is -0.342 e. The van der Waals surface area contributed by atoms with Crippen molar-refractivity contribution in [1.82, 2.24) is 20.0 Å². The molecule has 1 aliphatic carbocycles. The highest BCUT2D eigenvalue weighted by molar-refractivity contribution is 5.78. The molecule has 1 unspecified atom stereocenters. The van der Waals surface area contributed by atoms with Crippen LogP contribution in [0, 0.1) is 17.3 Å². The van der Waals surface area contributed by atoms with Crippen LogP contribution in [0.3, 0.4) is 0 Å². The third kappa shape index (κ3) is 7.12. The van der Waals surface area contributed by atoms with E-state index in [9.17, 15) is 9.59 Å². The number of likely N-dealkylation sites (N-methyl/N-ethyl adjacent to an activating group) is 1. The Morgan fingerprint density at radius 3 is 2.39 bits per heavy atom. The predicted molar refractivity (Wildman–Crippen MR) is 114 cm³/mol. The summed E-state index contributed by atoms with van der Waals surface area (Å²) in [7, 11) is 6.30. The second-order valence-corrected chi connectivity index (χ2v) is 9.98. The second-order valence-electron chi connectivity index (χ2n) is 9.98. The molecule has 0 aromatic heterocycles. The number of nitrogens with one attached hydrogen (secondary N) is 1. The van der Waals surface area contributed by atoms with E-state index in [2.05, 4.69) is 48.0 Å². The van der Waals surface area contributed by atoms with Crippen molar-refractivity contribution >= 4 is 12.2 Å². The van der Waals surface area contributed by atoms with E-state index in [-0.39, 0.29) is 11.9 Å². The number of hydrogen-bond donors (Lipinski definition) is 1. The van der Waals surface area contributed by atoms with Crippen LogP contribution in [-0.2, 0) is 9.59 Å². The lowest BCUT2D eigenvalue weighted by Crippen LogP contribution is -2.52. The quantitative estimate of drug-likeness (QED) is 0.541. The minimum atomic E-state index is -0.0822. The molecule has 0 aromatic rings. The number of carbonyl (C=O) groups excluding carboxylic acids is 2. The number of hydrogen-bond acceptors (Lipinski definition) is 5. The molecule has 0 bridgehead atoms. The number of piperidine rings is 1. The average Bonchev–Trinajstić information content (AvgIpc) is 2.59. The van der Waals surface area contributed by atoms with Crippen molar-refractivity contribution in [2.75, 3.05) is 60.4 Å². The predicted octanol–water partition coefficient (Wildman–Crippen LogP) is 1.70. The highest BCUT2D eigenvalue weighted by Crippen LogP contribution is 2.52.